The highest BCUT2D eigenvalue weighted by Gasteiger charge is 2.09. The summed E-state index contributed by atoms with van der Waals surface area (Å²) in [6.07, 6.45) is 3.61. The van der Waals surface area contributed by atoms with Gasteiger partial charge in [-0.25, -0.2) is 0 Å². The van der Waals surface area contributed by atoms with E-state index in [1.165, 1.54) is 6.92 Å². The van der Waals surface area contributed by atoms with Crippen LogP contribution in [0.2, 0.25) is 0 Å². The summed E-state index contributed by atoms with van der Waals surface area (Å²) in [5, 5.41) is 5.54. The van der Waals surface area contributed by atoms with Gasteiger partial charge in [-0.05, 0) is 43.2 Å². The van der Waals surface area contributed by atoms with Gasteiger partial charge in [0, 0.05) is 29.7 Å². The van der Waals surface area contributed by atoms with Crippen molar-refractivity contribution in [1.29, 1.82) is 0 Å². The summed E-state index contributed by atoms with van der Waals surface area (Å²) in [7, 11) is 0. The molecule has 6 heteroatoms. The SMILES string of the molecule is CC(=O)Nc1ccc(Br)cc1NC(=O)CCCc1ccccn1. The maximum Gasteiger partial charge on any atom is 0.224 e. The highest BCUT2D eigenvalue weighted by atomic mass is 79.9. The van der Waals surface area contributed by atoms with Gasteiger partial charge < -0.3 is 10.6 Å². The zero-order valence-corrected chi connectivity index (χ0v) is 14.4. The second-order valence-corrected chi connectivity index (χ2v) is 6.01. The van der Waals surface area contributed by atoms with Crippen molar-refractivity contribution in [3.8, 4) is 0 Å². The lowest BCUT2D eigenvalue weighted by atomic mass is 10.1. The minimum absolute atomic E-state index is 0.0920. The maximum absolute atomic E-state index is 12.1. The average Bonchev–Trinajstić information content (AvgIpc) is 2.51. The van der Waals surface area contributed by atoms with Crippen molar-refractivity contribution >= 4 is 39.1 Å². The molecule has 0 unspecified atom stereocenters. The fourth-order valence-corrected chi connectivity index (χ4v) is 2.47. The molecule has 0 aliphatic carbocycles. The monoisotopic (exact) mass is 375 g/mol. The number of nitrogens with zero attached hydrogens (tertiary/aromatic N) is 1. The van der Waals surface area contributed by atoms with E-state index in [9.17, 15) is 9.59 Å². The summed E-state index contributed by atoms with van der Waals surface area (Å²) >= 11 is 3.36. The van der Waals surface area contributed by atoms with Gasteiger partial charge in [0.05, 0.1) is 11.4 Å². The molecule has 5 nitrogen and oxygen atoms in total. The van der Waals surface area contributed by atoms with Crippen LogP contribution in [0.1, 0.15) is 25.5 Å². The average molecular weight is 376 g/mol. The molecular weight excluding hydrogens is 358 g/mol. The predicted molar refractivity (Wildman–Crippen MR) is 94.3 cm³/mol. The molecule has 0 bridgehead atoms. The predicted octanol–water partition coefficient (Wildman–Crippen LogP) is 3.76. The van der Waals surface area contributed by atoms with Crippen LogP contribution in [0.15, 0.2) is 47.1 Å². The van der Waals surface area contributed by atoms with E-state index in [1.54, 1.807) is 18.3 Å². The Morgan fingerprint density at radius 2 is 1.96 bits per heavy atom. The molecule has 1 aromatic carbocycles. The summed E-state index contributed by atoms with van der Waals surface area (Å²) in [5.74, 6) is -0.274. The van der Waals surface area contributed by atoms with Crippen molar-refractivity contribution in [1.82, 2.24) is 4.98 Å². The Labute approximate surface area is 143 Å². The van der Waals surface area contributed by atoms with Crippen molar-refractivity contribution in [2.75, 3.05) is 10.6 Å². The van der Waals surface area contributed by atoms with Crippen LogP contribution < -0.4 is 10.6 Å². The van der Waals surface area contributed by atoms with Crippen LogP contribution in [0.4, 0.5) is 11.4 Å². The van der Waals surface area contributed by atoms with E-state index in [-0.39, 0.29) is 11.8 Å². The minimum Gasteiger partial charge on any atom is -0.325 e. The number of benzene rings is 1. The number of aryl methyl sites for hydroxylation is 1. The molecular formula is C17H18BrN3O2. The molecule has 0 saturated carbocycles. The molecule has 0 spiro atoms. The number of pyridine rings is 1. The molecule has 120 valence electrons. The smallest absolute Gasteiger partial charge is 0.224 e. The number of rotatable bonds is 6. The molecule has 23 heavy (non-hydrogen) atoms. The summed E-state index contributed by atoms with van der Waals surface area (Å²) in [6.45, 7) is 1.43. The van der Waals surface area contributed by atoms with Crippen molar-refractivity contribution in [3.05, 3.63) is 52.8 Å². The topological polar surface area (TPSA) is 71.1 Å². The highest BCUT2D eigenvalue weighted by Crippen LogP contribution is 2.26. The fourth-order valence-electron chi connectivity index (χ4n) is 2.11. The van der Waals surface area contributed by atoms with E-state index in [2.05, 4.69) is 31.5 Å². The minimum atomic E-state index is -0.182. The number of hydrogen-bond donors (Lipinski definition) is 2. The van der Waals surface area contributed by atoms with Crippen molar-refractivity contribution in [2.45, 2.75) is 26.2 Å². The van der Waals surface area contributed by atoms with Crippen molar-refractivity contribution < 1.29 is 9.59 Å². The summed E-state index contributed by atoms with van der Waals surface area (Å²) in [4.78, 5) is 27.5. The van der Waals surface area contributed by atoms with E-state index >= 15 is 0 Å². The number of anilines is 2. The van der Waals surface area contributed by atoms with Gasteiger partial charge in [0.2, 0.25) is 11.8 Å². The molecule has 2 aromatic rings. The van der Waals surface area contributed by atoms with Crippen LogP contribution in [-0.2, 0) is 16.0 Å². The molecule has 2 rings (SSSR count). The van der Waals surface area contributed by atoms with Gasteiger partial charge in [-0.15, -0.1) is 0 Å². The Morgan fingerprint density at radius 3 is 2.65 bits per heavy atom. The van der Waals surface area contributed by atoms with E-state index in [1.807, 2.05) is 24.3 Å². The molecule has 0 fully saturated rings. The number of hydrogen-bond acceptors (Lipinski definition) is 3. The first-order valence-corrected chi connectivity index (χ1v) is 8.11. The number of amides is 2. The first-order chi connectivity index (χ1) is 11.0. The third-order valence-electron chi connectivity index (χ3n) is 3.13. The van der Waals surface area contributed by atoms with Crippen LogP contribution in [0.25, 0.3) is 0 Å². The van der Waals surface area contributed by atoms with Crippen LogP contribution in [0.3, 0.4) is 0 Å². The molecule has 1 heterocycles. The van der Waals surface area contributed by atoms with Gasteiger partial charge in [-0.2, -0.15) is 0 Å². The van der Waals surface area contributed by atoms with E-state index < -0.39 is 0 Å². The molecule has 2 N–H and O–H groups in total. The zero-order valence-electron chi connectivity index (χ0n) is 12.8. The largest absolute Gasteiger partial charge is 0.325 e. The second-order valence-electron chi connectivity index (χ2n) is 5.09. The van der Waals surface area contributed by atoms with Crippen LogP contribution in [0.5, 0.6) is 0 Å². The van der Waals surface area contributed by atoms with Crippen LogP contribution in [-0.4, -0.2) is 16.8 Å². The van der Waals surface area contributed by atoms with E-state index in [0.29, 0.717) is 24.2 Å². The molecule has 0 saturated heterocycles. The molecule has 0 aliphatic rings. The first kappa shape index (κ1) is 17.1. The third kappa shape index (κ3) is 5.83. The summed E-state index contributed by atoms with van der Waals surface area (Å²) in [5.41, 5.74) is 2.14. The van der Waals surface area contributed by atoms with E-state index in [0.717, 1.165) is 16.6 Å². The first-order valence-electron chi connectivity index (χ1n) is 7.31. The van der Waals surface area contributed by atoms with Crippen LogP contribution >= 0.6 is 15.9 Å². The van der Waals surface area contributed by atoms with Gasteiger partial charge in [0.25, 0.3) is 0 Å². The second kappa shape index (κ2) is 8.43. The van der Waals surface area contributed by atoms with Gasteiger partial charge >= 0.3 is 0 Å². The number of carbonyl (C=O) groups excluding carboxylic acids is 2. The quantitative estimate of drug-likeness (QED) is 0.807. The molecule has 0 atom stereocenters. The summed E-state index contributed by atoms with van der Waals surface area (Å²) in [6, 6.07) is 11.1. The zero-order chi connectivity index (χ0) is 16.7. The maximum atomic E-state index is 12.1. The standard InChI is InChI=1S/C17H18BrN3O2/c1-12(22)20-15-9-8-13(18)11-16(15)21-17(23)7-4-6-14-5-2-3-10-19-14/h2-3,5,8-11H,4,6-7H2,1H3,(H,20,22)(H,21,23). The van der Waals surface area contributed by atoms with Crippen LogP contribution in [0, 0.1) is 0 Å². The Bertz CT molecular complexity index is 689. The normalized spacial score (nSPS) is 10.2. The Hall–Kier alpha value is -2.21. The van der Waals surface area contributed by atoms with Gasteiger partial charge in [-0.1, -0.05) is 22.0 Å². The van der Waals surface area contributed by atoms with Gasteiger partial charge in [0.15, 0.2) is 0 Å². The van der Waals surface area contributed by atoms with Crippen molar-refractivity contribution in [2.24, 2.45) is 0 Å². The lowest BCUT2D eigenvalue weighted by molar-refractivity contribution is -0.116. The number of carbonyl (C=O) groups is 2. The highest BCUT2D eigenvalue weighted by molar-refractivity contribution is 9.10. The Balaban J connectivity index is 1.91. The lowest BCUT2D eigenvalue weighted by Crippen LogP contribution is -2.15. The fraction of sp³-hybridized carbons (Fsp3) is 0.235. The number of nitrogens with one attached hydrogen (secondary N) is 2. The number of halogens is 1. The van der Waals surface area contributed by atoms with Crippen molar-refractivity contribution in [3.63, 3.8) is 0 Å². The summed E-state index contributed by atoms with van der Waals surface area (Å²) < 4.78 is 0.829. The number of aromatic nitrogens is 1. The molecule has 2 amide bonds. The Morgan fingerprint density at radius 1 is 1.13 bits per heavy atom. The van der Waals surface area contributed by atoms with Gasteiger partial charge in [-0.3, -0.25) is 14.6 Å². The van der Waals surface area contributed by atoms with Gasteiger partial charge in [0.1, 0.15) is 0 Å². The van der Waals surface area contributed by atoms with E-state index in [4.69, 9.17) is 0 Å². The Kier molecular flexibility index (Phi) is 6.29. The molecule has 0 aliphatic heterocycles. The lowest BCUT2D eigenvalue weighted by Gasteiger charge is -2.12. The molecule has 1 aromatic heterocycles. The molecule has 0 radical (unpaired) electrons. The third-order valence-corrected chi connectivity index (χ3v) is 3.62.